The molecule has 0 saturated carbocycles. The summed E-state index contributed by atoms with van der Waals surface area (Å²) >= 11 is 0. The molecule has 1 atom stereocenters. The summed E-state index contributed by atoms with van der Waals surface area (Å²) in [5.74, 6) is 0. The van der Waals surface area contributed by atoms with E-state index in [4.69, 9.17) is 10.4 Å². The van der Waals surface area contributed by atoms with Crippen molar-refractivity contribution in [3.8, 4) is 6.07 Å². The van der Waals surface area contributed by atoms with Crippen LogP contribution in [0.25, 0.3) is 10.9 Å². The van der Waals surface area contributed by atoms with Crippen LogP contribution in [0.1, 0.15) is 5.56 Å². The summed E-state index contributed by atoms with van der Waals surface area (Å²) in [6.45, 7) is -0.973. The van der Waals surface area contributed by atoms with Gasteiger partial charge in [0, 0.05) is 6.20 Å². The van der Waals surface area contributed by atoms with E-state index in [1.807, 2.05) is 0 Å². The summed E-state index contributed by atoms with van der Waals surface area (Å²) in [7, 11) is 0. The van der Waals surface area contributed by atoms with E-state index in [-0.39, 0.29) is 16.5 Å². The Bertz CT molecular complexity index is 845. The smallest absolute Gasteiger partial charge is 0.382 e. The molecular weight excluding hydrogens is 291 g/mol. The van der Waals surface area contributed by atoms with E-state index < -0.39 is 29.9 Å². The van der Waals surface area contributed by atoms with E-state index in [1.165, 1.54) is 6.07 Å². The zero-order valence-electron chi connectivity index (χ0n) is 10.3. The van der Waals surface area contributed by atoms with E-state index >= 15 is 0 Å². The summed E-state index contributed by atoms with van der Waals surface area (Å²) < 4.78 is 37.6. The van der Waals surface area contributed by atoms with Gasteiger partial charge in [0.2, 0.25) is 0 Å². The SMILES string of the molecule is N#Cc1cc2c(=O)n(CC(O)C(F)(F)F)ccc2[nH]c1=O. The molecular formula is C12H8F3N3O3. The molecule has 0 aromatic carbocycles. The fourth-order valence-electron chi connectivity index (χ4n) is 1.76. The van der Waals surface area contributed by atoms with Crippen molar-refractivity contribution < 1.29 is 18.3 Å². The number of fused-ring (bicyclic) bond motifs is 1. The van der Waals surface area contributed by atoms with Crippen LogP contribution in [0, 0.1) is 11.3 Å². The highest BCUT2D eigenvalue weighted by Crippen LogP contribution is 2.21. The number of aromatic nitrogens is 2. The van der Waals surface area contributed by atoms with Crippen molar-refractivity contribution >= 4 is 10.9 Å². The lowest BCUT2D eigenvalue weighted by Crippen LogP contribution is -2.36. The number of aromatic amines is 1. The number of nitriles is 1. The van der Waals surface area contributed by atoms with Gasteiger partial charge in [0.05, 0.1) is 17.4 Å². The molecule has 21 heavy (non-hydrogen) atoms. The normalized spacial score (nSPS) is 13.1. The third-order valence-electron chi connectivity index (χ3n) is 2.85. The molecule has 2 aromatic heterocycles. The predicted octanol–water partition coefficient (Wildman–Crippen LogP) is 0.485. The second-order valence-corrected chi connectivity index (χ2v) is 4.28. The summed E-state index contributed by atoms with van der Waals surface area (Å²) in [6.07, 6.45) is -6.51. The maximum absolute atomic E-state index is 12.3. The zero-order valence-corrected chi connectivity index (χ0v) is 10.3. The second-order valence-electron chi connectivity index (χ2n) is 4.28. The van der Waals surface area contributed by atoms with Crippen molar-refractivity contribution in [3.63, 3.8) is 0 Å². The van der Waals surface area contributed by atoms with Crippen LogP contribution >= 0.6 is 0 Å². The van der Waals surface area contributed by atoms with E-state index in [9.17, 15) is 22.8 Å². The largest absolute Gasteiger partial charge is 0.416 e. The number of hydrogen-bond donors (Lipinski definition) is 2. The van der Waals surface area contributed by atoms with E-state index in [0.29, 0.717) is 4.57 Å². The van der Waals surface area contributed by atoms with Crippen molar-refractivity contribution in [2.24, 2.45) is 0 Å². The molecule has 0 spiro atoms. The standard InChI is InChI=1S/C12H8F3N3O3/c13-12(14,15)9(19)5-18-2-1-8-7(11(18)21)3-6(4-16)10(20)17-8/h1-3,9,19H,5H2,(H,17,20). The number of nitrogens with zero attached hydrogens (tertiary/aromatic N) is 2. The fraction of sp³-hybridized carbons (Fsp3) is 0.250. The summed E-state index contributed by atoms with van der Waals surface area (Å²) in [5.41, 5.74) is -1.77. The van der Waals surface area contributed by atoms with Gasteiger partial charge < -0.3 is 14.7 Å². The van der Waals surface area contributed by atoms with Crippen molar-refractivity contribution in [1.82, 2.24) is 9.55 Å². The van der Waals surface area contributed by atoms with Gasteiger partial charge in [-0.1, -0.05) is 0 Å². The van der Waals surface area contributed by atoms with Crippen LogP contribution in [0.3, 0.4) is 0 Å². The van der Waals surface area contributed by atoms with E-state index in [1.54, 1.807) is 6.07 Å². The van der Waals surface area contributed by atoms with Crippen LogP contribution in [0.5, 0.6) is 0 Å². The number of rotatable bonds is 2. The molecule has 2 N–H and O–H groups in total. The fourth-order valence-corrected chi connectivity index (χ4v) is 1.76. The molecule has 0 saturated heterocycles. The molecule has 2 aromatic rings. The van der Waals surface area contributed by atoms with Gasteiger partial charge in [-0.2, -0.15) is 18.4 Å². The first-order chi connectivity index (χ1) is 9.74. The minimum absolute atomic E-state index is 0.0988. The Labute approximate surface area is 114 Å². The quantitative estimate of drug-likeness (QED) is 0.842. The predicted molar refractivity (Wildman–Crippen MR) is 65.6 cm³/mol. The number of hydrogen-bond acceptors (Lipinski definition) is 4. The molecule has 0 aliphatic carbocycles. The molecule has 2 rings (SSSR count). The van der Waals surface area contributed by atoms with Gasteiger partial charge in [0.15, 0.2) is 6.10 Å². The van der Waals surface area contributed by atoms with Gasteiger partial charge in [0.1, 0.15) is 11.6 Å². The van der Waals surface area contributed by atoms with E-state index in [2.05, 4.69) is 4.98 Å². The Morgan fingerprint density at radius 2 is 2.10 bits per heavy atom. The minimum atomic E-state index is -4.85. The van der Waals surface area contributed by atoms with Crippen LogP contribution < -0.4 is 11.1 Å². The third-order valence-corrected chi connectivity index (χ3v) is 2.85. The van der Waals surface area contributed by atoms with Crippen molar-refractivity contribution in [1.29, 1.82) is 5.26 Å². The summed E-state index contributed by atoms with van der Waals surface area (Å²) in [6, 6.07) is 3.81. The van der Waals surface area contributed by atoms with Crippen LogP contribution in [0.2, 0.25) is 0 Å². The third kappa shape index (κ3) is 2.80. The maximum atomic E-state index is 12.3. The van der Waals surface area contributed by atoms with Crippen molar-refractivity contribution in [2.45, 2.75) is 18.8 Å². The maximum Gasteiger partial charge on any atom is 0.416 e. The van der Waals surface area contributed by atoms with Gasteiger partial charge in [-0.25, -0.2) is 0 Å². The Morgan fingerprint density at radius 1 is 1.43 bits per heavy atom. The zero-order chi connectivity index (χ0) is 15.8. The van der Waals surface area contributed by atoms with Gasteiger partial charge in [-0.3, -0.25) is 9.59 Å². The number of nitrogens with one attached hydrogen (secondary N) is 1. The molecule has 6 nitrogen and oxygen atoms in total. The van der Waals surface area contributed by atoms with Crippen molar-refractivity contribution in [3.05, 3.63) is 44.6 Å². The lowest BCUT2D eigenvalue weighted by Gasteiger charge is -2.16. The first-order valence-electron chi connectivity index (χ1n) is 5.65. The van der Waals surface area contributed by atoms with E-state index in [0.717, 1.165) is 12.3 Å². The molecule has 0 bridgehead atoms. The van der Waals surface area contributed by atoms with Crippen LogP contribution in [0.15, 0.2) is 27.9 Å². The Balaban J connectivity index is 2.57. The number of pyridine rings is 2. The molecule has 1 unspecified atom stereocenters. The van der Waals surface area contributed by atoms with Crippen LogP contribution in [-0.4, -0.2) is 26.9 Å². The van der Waals surface area contributed by atoms with Crippen LogP contribution in [0.4, 0.5) is 13.2 Å². The second kappa shape index (κ2) is 5.06. The first-order valence-corrected chi connectivity index (χ1v) is 5.65. The average Bonchev–Trinajstić information content (AvgIpc) is 2.40. The molecule has 0 amide bonds. The minimum Gasteiger partial charge on any atom is -0.382 e. The molecule has 0 aliphatic rings. The summed E-state index contributed by atoms with van der Waals surface area (Å²) in [5, 5.41) is 17.6. The van der Waals surface area contributed by atoms with Gasteiger partial charge in [-0.05, 0) is 12.1 Å². The van der Waals surface area contributed by atoms with Gasteiger partial charge in [-0.15, -0.1) is 0 Å². The Kier molecular flexibility index (Phi) is 3.57. The number of H-pyrrole nitrogens is 1. The summed E-state index contributed by atoms with van der Waals surface area (Å²) in [4.78, 5) is 25.7. The monoisotopic (exact) mass is 299 g/mol. The molecule has 0 fully saturated rings. The van der Waals surface area contributed by atoms with Crippen LogP contribution in [-0.2, 0) is 6.54 Å². The molecule has 110 valence electrons. The highest BCUT2D eigenvalue weighted by molar-refractivity contribution is 5.78. The van der Waals surface area contributed by atoms with Gasteiger partial charge >= 0.3 is 6.18 Å². The Hall–Kier alpha value is -2.60. The Morgan fingerprint density at radius 3 is 2.67 bits per heavy atom. The topological polar surface area (TPSA) is 98.9 Å². The number of aliphatic hydroxyl groups is 1. The number of aliphatic hydroxyl groups excluding tert-OH is 1. The van der Waals surface area contributed by atoms with Crippen molar-refractivity contribution in [2.75, 3.05) is 0 Å². The lowest BCUT2D eigenvalue weighted by atomic mass is 10.2. The molecule has 0 radical (unpaired) electrons. The first kappa shape index (κ1) is 14.8. The highest BCUT2D eigenvalue weighted by atomic mass is 19.4. The lowest BCUT2D eigenvalue weighted by molar-refractivity contribution is -0.207. The average molecular weight is 299 g/mol. The molecule has 0 aliphatic heterocycles. The molecule has 9 heteroatoms. The number of halogens is 3. The molecule has 2 heterocycles. The highest BCUT2D eigenvalue weighted by Gasteiger charge is 2.38. The van der Waals surface area contributed by atoms with Gasteiger partial charge in [0.25, 0.3) is 11.1 Å². The number of alkyl halides is 3.